The zero-order valence-electron chi connectivity index (χ0n) is 16.5. The van der Waals surface area contributed by atoms with Crippen LogP contribution in [0.5, 0.6) is 11.5 Å². The first-order valence-corrected chi connectivity index (χ1v) is 9.69. The van der Waals surface area contributed by atoms with Crippen molar-refractivity contribution in [3.05, 3.63) is 88.5 Å². The Balaban J connectivity index is 1.57. The lowest BCUT2D eigenvalue weighted by molar-refractivity contribution is 0.0889. The zero-order valence-corrected chi connectivity index (χ0v) is 16.5. The Labute approximate surface area is 173 Å². The van der Waals surface area contributed by atoms with Gasteiger partial charge in [-0.15, -0.1) is 0 Å². The molecule has 0 atom stereocenters. The quantitative estimate of drug-likeness (QED) is 0.478. The van der Waals surface area contributed by atoms with Crippen molar-refractivity contribution in [3.63, 3.8) is 0 Å². The van der Waals surface area contributed by atoms with E-state index in [1.165, 1.54) is 6.07 Å². The molecular formula is C24H20N2O4. The van der Waals surface area contributed by atoms with E-state index in [0.29, 0.717) is 25.4 Å². The number of pyridine rings is 1. The molecule has 1 aliphatic rings. The van der Waals surface area contributed by atoms with Gasteiger partial charge in [0.15, 0.2) is 0 Å². The van der Waals surface area contributed by atoms with Gasteiger partial charge in [-0.2, -0.15) is 0 Å². The predicted octanol–water partition coefficient (Wildman–Crippen LogP) is 4.22. The number of ether oxygens (including phenoxy) is 2. The minimum atomic E-state index is -0.383. The van der Waals surface area contributed by atoms with Gasteiger partial charge in [-0.05, 0) is 47.0 Å². The second-order valence-electron chi connectivity index (χ2n) is 7.25. The molecule has 2 aromatic carbocycles. The highest BCUT2D eigenvalue weighted by molar-refractivity contribution is 5.95. The number of hydrogen-bond donors (Lipinski definition) is 0. The standard InChI is InChI=1S/C24H20N2O4/c1-28-18-6-4-17(5-7-18)20-11-23(27)30-24-19(20)8-9-22-21(24)14-26(15-29-22)13-16-3-2-10-25-12-16/h2-12H,13-15H2,1H3. The summed E-state index contributed by atoms with van der Waals surface area (Å²) in [6.45, 7) is 1.79. The highest BCUT2D eigenvalue weighted by atomic mass is 16.5. The lowest BCUT2D eigenvalue weighted by atomic mass is 9.99. The second kappa shape index (κ2) is 7.65. The fourth-order valence-corrected chi connectivity index (χ4v) is 3.84. The average molecular weight is 400 g/mol. The van der Waals surface area contributed by atoms with E-state index in [1.807, 2.05) is 54.7 Å². The van der Waals surface area contributed by atoms with E-state index in [2.05, 4.69) is 9.88 Å². The van der Waals surface area contributed by atoms with Crippen LogP contribution in [0.2, 0.25) is 0 Å². The second-order valence-corrected chi connectivity index (χ2v) is 7.25. The van der Waals surface area contributed by atoms with Gasteiger partial charge in [0, 0.05) is 36.9 Å². The molecular weight excluding hydrogens is 380 g/mol. The third-order valence-electron chi connectivity index (χ3n) is 5.29. The molecule has 0 radical (unpaired) electrons. The number of fused-ring (bicyclic) bond motifs is 3. The van der Waals surface area contributed by atoms with Crippen molar-refractivity contribution in [2.24, 2.45) is 0 Å². The third-order valence-corrected chi connectivity index (χ3v) is 5.29. The molecule has 6 nitrogen and oxygen atoms in total. The van der Waals surface area contributed by atoms with Crippen LogP contribution < -0.4 is 15.1 Å². The summed E-state index contributed by atoms with van der Waals surface area (Å²) < 4.78 is 16.9. The maximum absolute atomic E-state index is 12.4. The molecule has 6 heteroatoms. The van der Waals surface area contributed by atoms with Crippen molar-refractivity contribution in [3.8, 4) is 22.6 Å². The van der Waals surface area contributed by atoms with Crippen LogP contribution in [-0.4, -0.2) is 23.7 Å². The minimum Gasteiger partial charge on any atom is -0.497 e. The summed E-state index contributed by atoms with van der Waals surface area (Å²) in [5.41, 5.74) is 3.93. The summed E-state index contributed by atoms with van der Waals surface area (Å²) >= 11 is 0. The molecule has 0 bridgehead atoms. The molecule has 0 aliphatic carbocycles. The molecule has 0 N–H and O–H groups in total. The van der Waals surface area contributed by atoms with Crippen LogP contribution in [0.4, 0.5) is 0 Å². The van der Waals surface area contributed by atoms with Crippen LogP contribution in [0.15, 0.2) is 76.2 Å². The summed E-state index contributed by atoms with van der Waals surface area (Å²) in [7, 11) is 1.63. The predicted molar refractivity (Wildman–Crippen MR) is 113 cm³/mol. The van der Waals surface area contributed by atoms with Gasteiger partial charge in [-0.25, -0.2) is 4.79 Å². The number of rotatable bonds is 4. The van der Waals surface area contributed by atoms with Crippen LogP contribution in [0.25, 0.3) is 22.1 Å². The Hall–Kier alpha value is -3.64. The first-order chi connectivity index (χ1) is 14.7. The Morgan fingerprint density at radius 1 is 1.13 bits per heavy atom. The smallest absolute Gasteiger partial charge is 0.336 e. The Kier molecular flexibility index (Phi) is 4.69. The maximum Gasteiger partial charge on any atom is 0.336 e. The highest BCUT2D eigenvalue weighted by Gasteiger charge is 2.23. The summed E-state index contributed by atoms with van der Waals surface area (Å²) in [6.07, 6.45) is 3.61. The molecule has 0 saturated heterocycles. The molecule has 4 aromatic rings. The number of benzene rings is 2. The number of nitrogens with zero attached hydrogens (tertiary/aromatic N) is 2. The molecule has 0 amide bonds. The van der Waals surface area contributed by atoms with E-state index in [1.54, 1.807) is 13.3 Å². The third kappa shape index (κ3) is 3.42. The van der Waals surface area contributed by atoms with E-state index in [0.717, 1.165) is 39.1 Å². The average Bonchev–Trinajstić information content (AvgIpc) is 2.79. The van der Waals surface area contributed by atoms with Crippen LogP contribution in [0.3, 0.4) is 0 Å². The van der Waals surface area contributed by atoms with Gasteiger partial charge < -0.3 is 13.9 Å². The molecule has 150 valence electrons. The normalized spacial score (nSPS) is 13.6. The lowest BCUT2D eigenvalue weighted by Crippen LogP contribution is -2.31. The van der Waals surface area contributed by atoms with Crippen LogP contribution >= 0.6 is 0 Å². The Morgan fingerprint density at radius 2 is 2.00 bits per heavy atom. The summed E-state index contributed by atoms with van der Waals surface area (Å²) in [5.74, 6) is 1.52. The Bertz CT molecular complexity index is 1250. The molecule has 1 aliphatic heterocycles. The fourth-order valence-electron chi connectivity index (χ4n) is 3.84. The SMILES string of the molecule is COc1ccc(-c2cc(=O)oc3c4c(ccc23)OCN(Cc2cccnc2)C4)cc1. The molecule has 0 spiro atoms. The highest BCUT2D eigenvalue weighted by Crippen LogP contribution is 2.36. The van der Waals surface area contributed by atoms with Crippen molar-refractivity contribution in [2.75, 3.05) is 13.8 Å². The molecule has 0 saturated carbocycles. The van der Waals surface area contributed by atoms with E-state index in [4.69, 9.17) is 13.9 Å². The van der Waals surface area contributed by atoms with E-state index >= 15 is 0 Å². The molecule has 3 heterocycles. The Morgan fingerprint density at radius 3 is 2.77 bits per heavy atom. The van der Waals surface area contributed by atoms with Gasteiger partial charge >= 0.3 is 5.63 Å². The summed E-state index contributed by atoms with van der Waals surface area (Å²) in [6, 6.07) is 17.0. The van der Waals surface area contributed by atoms with Gasteiger partial charge in [-0.3, -0.25) is 9.88 Å². The van der Waals surface area contributed by atoms with Gasteiger partial charge in [0.05, 0.1) is 12.7 Å². The van der Waals surface area contributed by atoms with E-state index in [-0.39, 0.29) is 5.63 Å². The molecule has 30 heavy (non-hydrogen) atoms. The largest absolute Gasteiger partial charge is 0.497 e. The minimum absolute atomic E-state index is 0.383. The lowest BCUT2D eigenvalue weighted by Gasteiger charge is -2.29. The maximum atomic E-state index is 12.4. The van der Waals surface area contributed by atoms with Gasteiger partial charge in [0.2, 0.25) is 0 Å². The topological polar surface area (TPSA) is 64.8 Å². The number of hydrogen-bond acceptors (Lipinski definition) is 6. The molecule has 0 unspecified atom stereocenters. The van der Waals surface area contributed by atoms with Crippen molar-refractivity contribution in [2.45, 2.75) is 13.1 Å². The number of methoxy groups -OCH3 is 1. The van der Waals surface area contributed by atoms with Crippen LogP contribution in [0, 0.1) is 0 Å². The van der Waals surface area contributed by atoms with Gasteiger partial charge in [0.1, 0.15) is 23.8 Å². The summed E-state index contributed by atoms with van der Waals surface area (Å²) in [5, 5.41) is 0.880. The van der Waals surface area contributed by atoms with Gasteiger partial charge in [-0.1, -0.05) is 18.2 Å². The van der Waals surface area contributed by atoms with Gasteiger partial charge in [0.25, 0.3) is 0 Å². The van der Waals surface area contributed by atoms with E-state index in [9.17, 15) is 4.79 Å². The monoisotopic (exact) mass is 400 g/mol. The fraction of sp³-hybridized carbons (Fsp3) is 0.167. The zero-order chi connectivity index (χ0) is 20.5. The van der Waals surface area contributed by atoms with Crippen molar-refractivity contribution in [1.29, 1.82) is 0 Å². The van der Waals surface area contributed by atoms with Crippen LogP contribution in [-0.2, 0) is 13.1 Å². The van der Waals surface area contributed by atoms with Crippen molar-refractivity contribution >= 4 is 11.0 Å². The number of aromatic nitrogens is 1. The van der Waals surface area contributed by atoms with E-state index < -0.39 is 0 Å². The van der Waals surface area contributed by atoms with Crippen LogP contribution in [0.1, 0.15) is 11.1 Å². The van der Waals surface area contributed by atoms with Crippen molar-refractivity contribution in [1.82, 2.24) is 9.88 Å². The molecule has 0 fully saturated rings. The van der Waals surface area contributed by atoms with Crippen molar-refractivity contribution < 1.29 is 13.9 Å². The summed E-state index contributed by atoms with van der Waals surface area (Å²) in [4.78, 5) is 18.7. The first kappa shape index (κ1) is 18.4. The molecule has 5 rings (SSSR count). The first-order valence-electron chi connectivity index (χ1n) is 9.69. The molecule has 2 aromatic heterocycles.